The van der Waals surface area contributed by atoms with Crippen LogP contribution in [0.25, 0.3) is 0 Å². The third-order valence-corrected chi connectivity index (χ3v) is 8.40. The number of anilines is 1. The predicted molar refractivity (Wildman–Crippen MR) is 160 cm³/mol. The molecule has 0 aliphatic rings. The zero-order chi connectivity index (χ0) is 30.3. The number of benzene rings is 3. The maximum absolute atomic E-state index is 14.0. The molecule has 3 aromatic carbocycles. The Bertz CT molecular complexity index is 1450. The number of carbonyl (C=O) groups is 2. The van der Waals surface area contributed by atoms with Crippen molar-refractivity contribution in [3.8, 4) is 11.5 Å². The average molecular weight is 582 g/mol. The van der Waals surface area contributed by atoms with Crippen molar-refractivity contribution < 1.29 is 27.5 Å². The molecule has 220 valence electrons. The molecule has 9 nitrogen and oxygen atoms in total. The molecule has 0 aliphatic carbocycles. The average Bonchev–Trinajstić information content (AvgIpc) is 2.94. The second kappa shape index (κ2) is 13.5. The maximum Gasteiger partial charge on any atom is 0.264 e. The van der Waals surface area contributed by atoms with Gasteiger partial charge in [-0.2, -0.15) is 0 Å². The lowest BCUT2D eigenvalue weighted by atomic mass is 10.1. The van der Waals surface area contributed by atoms with Crippen LogP contribution in [0.2, 0.25) is 0 Å². The number of hydrogen-bond donors (Lipinski definition) is 1. The second-order valence-electron chi connectivity index (χ2n) is 10.2. The Labute approximate surface area is 243 Å². The summed E-state index contributed by atoms with van der Waals surface area (Å²) in [5.74, 6) is -0.153. The van der Waals surface area contributed by atoms with Crippen molar-refractivity contribution in [3.05, 3.63) is 83.4 Å². The van der Waals surface area contributed by atoms with E-state index in [4.69, 9.17) is 9.47 Å². The fourth-order valence-corrected chi connectivity index (χ4v) is 5.63. The molecule has 2 amide bonds. The summed E-state index contributed by atoms with van der Waals surface area (Å²) < 4.78 is 39.8. The summed E-state index contributed by atoms with van der Waals surface area (Å²) >= 11 is 0. The minimum absolute atomic E-state index is 0.0290. The molecule has 1 atom stereocenters. The molecule has 3 aromatic rings. The van der Waals surface area contributed by atoms with Crippen LogP contribution in [0.1, 0.15) is 37.5 Å². The largest absolute Gasteiger partial charge is 0.493 e. The number of ether oxygens (including phenoxy) is 2. The highest BCUT2D eigenvalue weighted by Crippen LogP contribution is 2.34. The molecule has 0 radical (unpaired) electrons. The van der Waals surface area contributed by atoms with E-state index in [-0.39, 0.29) is 29.1 Å². The van der Waals surface area contributed by atoms with Crippen molar-refractivity contribution in [2.45, 2.75) is 58.1 Å². The lowest BCUT2D eigenvalue weighted by molar-refractivity contribution is -0.139. The van der Waals surface area contributed by atoms with E-state index in [1.165, 1.54) is 37.3 Å². The van der Waals surface area contributed by atoms with Crippen LogP contribution in [0.3, 0.4) is 0 Å². The molecule has 3 rings (SSSR count). The van der Waals surface area contributed by atoms with Crippen LogP contribution in [0.4, 0.5) is 5.69 Å². The molecule has 0 saturated carbocycles. The minimum Gasteiger partial charge on any atom is -0.493 e. The normalized spacial score (nSPS) is 12.0. The molecule has 41 heavy (non-hydrogen) atoms. The van der Waals surface area contributed by atoms with Crippen LogP contribution in [0, 0.1) is 13.8 Å². The number of sulfonamides is 1. The summed E-state index contributed by atoms with van der Waals surface area (Å²) in [6.07, 6.45) is 0. The van der Waals surface area contributed by atoms with Crippen LogP contribution in [-0.2, 0) is 26.2 Å². The molecular weight excluding hydrogens is 542 g/mol. The Kier molecular flexibility index (Phi) is 10.4. The molecule has 0 heterocycles. The quantitative estimate of drug-likeness (QED) is 0.339. The predicted octanol–water partition coefficient (Wildman–Crippen LogP) is 4.46. The first-order valence-corrected chi connectivity index (χ1v) is 14.8. The molecule has 0 unspecified atom stereocenters. The third-order valence-electron chi connectivity index (χ3n) is 6.61. The van der Waals surface area contributed by atoms with Gasteiger partial charge in [-0.25, -0.2) is 8.42 Å². The fourth-order valence-electron chi connectivity index (χ4n) is 4.22. The van der Waals surface area contributed by atoms with Gasteiger partial charge in [0.15, 0.2) is 11.5 Å². The smallest absolute Gasteiger partial charge is 0.264 e. The van der Waals surface area contributed by atoms with E-state index in [0.29, 0.717) is 11.5 Å². The van der Waals surface area contributed by atoms with Gasteiger partial charge in [-0.05, 0) is 64.4 Å². The number of methoxy groups -OCH3 is 2. The Morgan fingerprint density at radius 2 is 1.39 bits per heavy atom. The van der Waals surface area contributed by atoms with Crippen LogP contribution in [0.15, 0.2) is 71.6 Å². The van der Waals surface area contributed by atoms with E-state index < -0.39 is 28.5 Å². The van der Waals surface area contributed by atoms with Gasteiger partial charge >= 0.3 is 0 Å². The van der Waals surface area contributed by atoms with E-state index in [9.17, 15) is 18.0 Å². The minimum atomic E-state index is -4.20. The molecule has 0 aromatic heterocycles. The molecule has 0 fully saturated rings. The van der Waals surface area contributed by atoms with Gasteiger partial charge in [0.25, 0.3) is 10.0 Å². The van der Waals surface area contributed by atoms with Crippen molar-refractivity contribution >= 4 is 27.5 Å². The number of carbonyl (C=O) groups excluding carboxylic acids is 2. The van der Waals surface area contributed by atoms with Gasteiger partial charge in [0, 0.05) is 18.7 Å². The SMILES string of the molecule is COc1ccc(N(CC(=O)N(Cc2ccc(C)cc2)[C@@H](C)C(=O)NC(C)C)S(=O)(=O)c2ccc(C)cc2)cc1OC. The third kappa shape index (κ3) is 7.79. The summed E-state index contributed by atoms with van der Waals surface area (Å²) in [6, 6.07) is 17.7. The van der Waals surface area contributed by atoms with Gasteiger partial charge in [-0.1, -0.05) is 47.5 Å². The van der Waals surface area contributed by atoms with Crippen LogP contribution in [0.5, 0.6) is 11.5 Å². The summed E-state index contributed by atoms with van der Waals surface area (Å²) in [5.41, 5.74) is 2.98. The fraction of sp³-hybridized carbons (Fsp3) is 0.355. The zero-order valence-corrected chi connectivity index (χ0v) is 25.5. The first-order chi connectivity index (χ1) is 19.4. The number of nitrogens with one attached hydrogen (secondary N) is 1. The first-order valence-electron chi connectivity index (χ1n) is 13.3. The Hall–Kier alpha value is -4.05. The monoisotopic (exact) mass is 581 g/mol. The molecule has 0 saturated heterocycles. The molecule has 0 aliphatic heterocycles. The Balaban J connectivity index is 2.08. The molecule has 0 bridgehead atoms. The lowest BCUT2D eigenvalue weighted by Gasteiger charge is -2.32. The van der Waals surface area contributed by atoms with Gasteiger partial charge in [0.2, 0.25) is 11.8 Å². The van der Waals surface area contributed by atoms with E-state index in [0.717, 1.165) is 21.0 Å². The van der Waals surface area contributed by atoms with E-state index in [2.05, 4.69) is 5.32 Å². The van der Waals surface area contributed by atoms with Gasteiger partial charge in [-0.3, -0.25) is 13.9 Å². The maximum atomic E-state index is 14.0. The van der Waals surface area contributed by atoms with E-state index >= 15 is 0 Å². The van der Waals surface area contributed by atoms with Crippen LogP contribution < -0.4 is 19.1 Å². The van der Waals surface area contributed by atoms with Crippen molar-refractivity contribution in [2.75, 3.05) is 25.1 Å². The van der Waals surface area contributed by atoms with Gasteiger partial charge in [0.1, 0.15) is 12.6 Å². The summed E-state index contributed by atoms with van der Waals surface area (Å²) in [5, 5.41) is 2.85. The van der Waals surface area contributed by atoms with Crippen molar-refractivity contribution in [1.82, 2.24) is 10.2 Å². The van der Waals surface area contributed by atoms with Crippen molar-refractivity contribution in [2.24, 2.45) is 0 Å². The van der Waals surface area contributed by atoms with Crippen LogP contribution >= 0.6 is 0 Å². The van der Waals surface area contributed by atoms with Gasteiger partial charge in [-0.15, -0.1) is 0 Å². The van der Waals surface area contributed by atoms with Crippen LogP contribution in [-0.4, -0.2) is 58.0 Å². The van der Waals surface area contributed by atoms with Gasteiger partial charge in [0.05, 0.1) is 24.8 Å². The summed E-state index contributed by atoms with van der Waals surface area (Å²) in [4.78, 5) is 28.5. The summed E-state index contributed by atoms with van der Waals surface area (Å²) in [6.45, 7) is 8.71. The van der Waals surface area contributed by atoms with Gasteiger partial charge < -0.3 is 19.7 Å². The highest BCUT2D eigenvalue weighted by molar-refractivity contribution is 7.92. The first kappa shape index (κ1) is 31.5. The highest BCUT2D eigenvalue weighted by atomic mass is 32.2. The highest BCUT2D eigenvalue weighted by Gasteiger charge is 2.33. The Morgan fingerprint density at radius 3 is 1.93 bits per heavy atom. The lowest BCUT2D eigenvalue weighted by Crippen LogP contribution is -2.52. The number of rotatable bonds is 12. The van der Waals surface area contributed by atoms with E-state index in [1.54, 1.807) is 31.2 Å². The number of nitrogens with zero attached hydrogens (tertiary/aromatic N) is 2. The number of amides is 2. The standard InChI is InChI=1S/C31H39N3O6S/c1-21(2)32-31(36)24(5)33(19-25-12-8-22(3)9-13-25)30(35)20-34(26-14-17-28(39-6)29(18-26)40-7)41(37,38)27-15-10-23(4)11-16-27/h8-18,21,24H,19-20H2,1-7H3,(H,32,36)/t24-/m0/s1. The molecule has 10 heteroatoms. The molecular formula is C31H39N3O6S. The van der Waals surface area contributed by atoms with Crippen molar-refractivity contribution in [3.63, 3.8) is 0 Å². The molecule has 1 N–H and O–H groups in total. The van der Waals surface area contributed by atoms with Crippen molar-refractivity contribution in [1.29, 1.82) is 0 Å². The molecule has 0 spiro atoms. The summed E-state index contributed by atoms with van der Waals surface area (Å²) in [7, 11) is -1.27. The Morgan fingerprint density at radius 1 is 0.829 bits per heavy atom. The topological polar surface area (TPSA) is 105 Å². The second-order valence-corrected chi connectivity index (χ2v) is 12.1. The number of aryl methyl sites for hydroxylation is 2. The zero-order valence-electron chi connectivity index (χ0n) is 24.7. The van der Waals surface area contributed by atoms with E-state index in [1.807, 2.05) is 52.0 Å². The number of hydrogen-bond acceptors (Lipinski definition) is 6.